The first-order chi connectivity index (χ1) is 11.4. The van der Waals surface area contributed by atoms with Crippen LogP contribution in [-0.4, -0.2) is 77.5 Å². The predicted molar refractivity (Wildman–Crippen MR) is 98.1 cm³/mol. The standard InChI is InChI=1S/C18H31NO4Si/c1-24(2,14-8-4-3-5-9-14)11-7-6-10-19-12-16(21)18(23)17(22)15(19)13-20/h3-5,8-9,15-18,20-23H,6-7,10-13H2,1-2H3/t15-,16+,17-,18-/m1/s1. The predicted octanol–water partition coefficient (Wildman–Crippen LogP) is 0.141. The van der Waals surface area contributed by atoms with Crippen molar-refractivity contribution in [3.05, 3.63) is 30.3 Å². The lowest BCUT2D eigenvalue weighted by molar-refractivity contribution is -0.145. The quantitative estimate of drug-likeness (QED) is 0.414. The topological polar surface area (TPSA) is 84.2 Å². The first-order valence-corrected chi connectivity index (χ1v) is 12.0. The van der Waals surface area contributed by atoms with Gasteiger partial charge in [0.2, 0.25) is 0 Å². The second kappa shape index (κ2) is 8.56. The van der Waals surface area contributed by atoms with Crippen molar-refractivity contribution in [3.63, 3.8) is 0 Å². The molecule has 0 unspecified atom stereocenters. The number of β-amino-alcohol motifs (C(OH)–C–C–N with tert-alkyl or cyclic N) is 1. The van der Waals surface area contributed by atoms with E-state index < -0.39 is 32.4 Å². The van der Waals surface area contributed by atoms with Gasteiger partial charge in [0.05, 0.1) is 26.8 Å². The zero-order valence-corrected chi connectivity index (χ0v) is 15.7. The molecule has 0 aliphatic carbocycles. The summed E-state index contributed by atoms with van der Waals surface area (Å²) in [7, 11) is -1.44. The number of piperidine rings is 1. The fraction of sp³-hybridized carbons (Fsp3) is 0.667. The van der Waals surface area contributed by atoms with E-state index in [-0.39, 0.29) is 6.61 Å². The van der Waals surface area contributed by atoms with Gasteiger partial charge in [-0.15, -0.1) is 0 Å². The maximum absolute atomic E-state index is 10.0. The summed E-state index contributed by atoms with van der Waals surface area (Å²) in [5.74, 6) is 0. The molecule has 5 nitrogen and oxygen atoms in total. The van der Waals surface area contributed by atoms with Crippen LogP contribution in [0.3, 0.4) is 0 Å². The molecule has 1 saturated heterocycles. The minimum atomic E-state index is -1.44. The molecule has 1 aromatic carbocycles. The van der Waals surface area contributed by atoms with E-state index in [1.807, 2.05) is 11.0 Å². The van der Waals surface area contributed by atoms with Gasteiger partial charge >= 0.3 is 0 Å². The molecule has 1 heterocycles. The monoisotopic (exact) mass is 353 g/mol. The Morgan fingerprint density at radius 1 is 1.04 bits per heavy atom. The van der Waals surface area contributed by atoms with Gasteiger partial charge < -0.3 is 20.4 Å². The SMILES string of the molecule is C[Si](C)(CCCCN1C[C@H](O)[C@@H](O)[C@H](O)[C@H]1CO)c1ccccc1. The Labute approximate surface area is 145 Å². The molecule has 1 aromatic rings. The van der Waals surface area contributed by atoms with Crippen LogP contribution in [-0.2, 0) is 0 Å². The lowest BCUT2D eigenvalue weighted by Gasteiger charge is -2.43. The molecule has 0 bridgehead atoms. The normalized spacial score (nSPS) is 28.9. The molecule has 0 aromatic heterocycles. The van der Waals surface area contributed by atoms with E-state index in [0.717, 1.165) is 12.8 Å². The second-order valence-corrected chi connectivity index (χ2v) is 12.3. The van der Waals surface area contributed by atoms with Gasteiger partial charge in [-0.25, -0.2) is 0 Å². The Bertz CT molecular complexity index is 499. The van der Waals surface area contributed by atoms with Crippen LogP contribution < -0.4 is 5.19 Å². The smallest absolute Gasteiger partial charge is 0.109 e. The molecule has 1 aliphatic heterocycles. The number of benzene rings is 1. The molecule has 0 radical (unpaired) electrons. The Morgan fingerprint density at radius 3 is 2.33 bits per heavy atom. The number of hydrogen-bond acceptors (Lipinski definition) is 5. The van der Waals surface area contributed by atoms with E-state index in [1.165, 1.54) is 11.2 Å². The molecule has 6 heteroatoms. The van der Waals surface area contributed by atoms with Crippen molar-refractivity contribution in [2.75, 3.05) is 19.7 Å². The highest BCUT2D eigenvalue weighted by atomic mass is 28.3. The fourth-order valence-corrected chi connectivity index (χ4v) is 6.07. The van der Waals surface area contributed by atoms with Crippen LogP contribution in [0.2, 0.25) is 19.1 Å². The summed E-state index contributed by atoms with van der Waals surface area (Å²) in [6.45, 7) is 5.55. The van der Waals surface area contributed by atoms with Gasteiger partial charge in [-0.3, -0.25) is 4.90 Å². The largest absolute Gasteiger partial charge is 0.395 e. The minimum Gasteiger partial charge on any atom is -0.395 e. The number of likely N-dealkylation sites (tertiary alicyclic amines) is 1. The molecule has 0 saturated carbocycles. The molecule has 4 N–H and O–H groups in total. The maximum atomic E-state index is 10.0. The summed E-state index contributed by atoms with van der Waals surface area (Å²) in [4.78, 5) is 1.90. The average molecular weight is 354 g/mol. The molecule has 136 valence electrons. The van der Waals surface area contributed by atoms with Crippen LogP contribution >= 0.6 is 0 Å². The van der Waals surface area contributed by atoms with Gasteiger partial charge in [0.25, 0.3) is 0 Å². The summed E-state index contributed by atoms with van der Waals surface area (Å²) in [5.41, 5.74) is 0. The fourth-order valence-electron chi connectivity index (χ4n) is 3.55. The highest BCUT2D eigenvalue weighted by Gasteiger charge is 2.40. The van der Waals surface area contributed by atoms with Gasteiger partial charge in [0.15, 0.2) is 0 Å². The summed E-state index contributed by atoms with van der Waals surface area (Å²) in [5, 5.41) is 40.5. The third-order valence-corrected chi connectivity index (χ3v) is 8.77. The lowest BCUT2D eigenvalue weighted by Crippen LogP contribution is -2.62. The lowest BCUT2D eigenvalue weighted by atomic mass is 9.94. The summed E-state index contributed by atoms with van der Waals surface area (Å²) in [6.07, 6.45) is -1.21. The van der Waals surface area contributed by atoms with Gasteiger partial charge in [-0.1, -0.05) is 61.1 Å². The first-order valence-electron chi connectivity index (χ1n) is 8.81. The average Bonchev–Trinajstić information content (AvgIpc) is 2.57. The van der Waals surface area contributed by atoms with Crippen LogP contribution in [0.1, 0.15) is 12.8 Å². The van der Waals surface area contributed by atoms with E-state index in [2.05, 4.69) is 37.4 Å². The maximum Gasteiger partial charge on any atom is 0.109 e. The van der Waals surface area contributed by atoms with Gasteiger partial charge in [0, 0.05) is 6.54 Å². The van der Waals surface area contributed by atoms with Gasteiger partial charge in [0.1, 0.15) is 12.2 Å². The molecular formula is C18H31NO4Si. The summed E-state index contributed by atoms with van der Waals surface area (Å²) in [6, 6.07) is 11.4. The third-order valence-electron chi connectivity index (χ3n) is 5.27. The van der Waals surface area contributed by atoms with Crippen molar-refractivity contribution in [2.45, 2.75) is 56.3 Å². The summed E-state index contributed by atoms with van der Waals surface area (Å²) < 4.78 is 0. The minimum absolute atomic E-state index is 0.213. The molecule has 1 fully saturated rings. The number of hydrogen-bond donors (Lipinski definition) is 4. The van der Waals surface area contributed by atoms with Crippen LogP contribution in [0.25, 0.3) is 0 Å². The van der Waals surface area contributed by atoms with Crippen molar-refractivity contribution in [1.29, 1.82) is 0 Å². The van der Waals surface area contributed by atoms with E-state index in [0.29, 0.717) is 13.1 Å². The Balaban J connectivity index is 1.83. The highest BCUT2D eigenvalue weighted by Crippen LogP contribution is 2.20. The zero-order valence-electron chi connectivity index (χ0n) is 14.7. The van der Waals surface area contributed by atoms with Crippen LogP contribution in [0.5, 0.6) is 0 Å². The van der Waals surface area contributed by atoms with Crippen LogP contribution in [0.15, 0.2) is 30.3 Å². The molecule has 4 atom stereocenters. The van der Waals surface area contributed by atoms with Crippen molar-refractivity contribution in [1.82, 2.24) is 4.90 Å². The molecule has 24 heavy (non-hydrogen) atoms. The van der Waals surface area contributed by atoms with E-state index in [1.54, 1.807) is 0 Å². The number of unbranched alkanes of at least 4 members (excludes halogenated alkanes) is 1. The van der Waals surface area contributed by atoms with E-state index in [9.17, 15) is 20.4 Å². The van der Waals surface area contributed by atoms with E-state index >= 15 is 0 Å². The summed E-state index contributed by atoms with van der Waals surface area (Å²) >= 11 is 0. The first kappa shape index (κ1) is 19.6. The number of aliphatic hydroxyl groups is 4. The van der Waals surface area contributed by atoms with Crippen LogP contribution in [0.4, 0.5) is 0 Å². The highest BCUT2D eigenvalue weighted by molar-refractivity contribution is 6.89. The molecule has 2 rings (SSSR count). The van der Waals surface area contributed by atoms with Crippen molar-refractivity contribution >= 4 is 13.3 Å². The van der Waals surface area contributed by atoms with Crippen LogP contribution in [0, 0.1) is 0 Å². The number of rotatable bonds is 7. The Morgan fingerprint density at radius 2 is 1.71 bits per heavy atom. The molecule has 1 aliphatic rings. The van der Waals surface area contributed by atoms with E-state index in [4.69, 9.17) is 0 Å². The third kappa shape index (κ3) is 4.65. The Kier molecular flexibility index (Phi) is 6.97. The second-order valence-electron chi connectivity index (χ2n) is 7.50. The molecular weight excluding hydrogens is 322 g/mol. The number of nitrogens with zero attached hydrogens (tertiary/aromatic N) is 1. The van der Waals surface area contributed by atoms with Crippen molar-refractivity contribution < 1.29 is 20.4 Å². The van der Waals surface area contributed by atoms with Gasteiger partial charge in [-0.2, -0.15) is 0 Å². The number of aliphatic hydroxyl groups excluding tert-OH is 4. The molecule has 0 amide bonds. The Hall–Kier alpha value is -0.763. The van der Waals surface area contributed by atoms with Crippen molar-refractivity contribution in [2.24, 2.45) is 0 Å². The molecule has 0 spiro atoms. The van der Waals surface area contributed by atoms with Gasteiger partial charge in [-0.05, 0) is 13.0 Å². The van der Waals surface area contributed by atoms with Crippen molar-refractivity contribution in [3.8, 4) is 0 Å². The zero-order chi connectivity index (χ0) is 17.7.